The second-order valence-electron chi connectivity index (χ2n) is 7.42. The number of esters is 1. The smallest absolute Gasteiger partial charge is 0.319 e. The molecule has 0 aromatic heterocycles. The fourth-order valence-electron chi connectivity index (χ4n) is 3.94. The molecule has 0 aliphatic carbocycles. The fourth-order valence-corrected chi connectivity index (χ4v) is 3.94. The van der Waals surface area contributed by atoms with Gasteiger partial charge in [0, 0.05) is 43.5 Å². The molecule has 6 nitrogen and oxygen atoms in total. The van der Waals surface area contributed by atoms with Gasteiger partial charge in [-0.05, 0) is 42.7 Å². The van der Waals surface area contributed by atoms with E-state index in [1.807, 2.05) is 18.2 Å². The van der Waals surface area contributed by atoms with Crippen molar-refractivity contribution in [1.29, 1.82) is 0 Å². The van der Waals surface area contributed by atoms with Crippen molar-refractivity contribution in [3.05, 3.63) is 47.5 Å². The summed E-state index contributed by atoms with van der Waals surface area (Å²) >= 11 is 0. The van der Waals surface area contributed by atoms with Crippen LogP contribution in [0, 0.1) is 0 Å². The highest BCUT2D eigenvalue weighted by atomic mass is 16.5. The molecule has 148 valence electrons. The maximum absolute atomic E-state index is 12.8. The van der Waals surface area contributed by atoms with E-state index < -0.39 is 0 Å². The van der Waals surface area contributed by atoms with E-state index >= 15 is 0 Å². The number of hydrogen-bond donors (Lipinski definition) is 1. The molecule has 1 fully saturated rings. The van der Waals surface area contributed by atoms with Gasteiger partial charge in [0.25, 0.3) is 0 Å². The van der Waals surface area contributed by atoms with Crippen molar-refractivity contribution >= 4 is 11.7 Å². The highest BCUT2D eigenvalue weighted by Crippen LogP contribution is 2.38. The zero-order valence-corrected chi connectivity index (χ0v) is 16.5. The summed E-state index contributed by atoms with van der Waals surface area (Å²) in [5, 5.41) is 3.45. The van der Waals surface area contributed by atoms with Gasteiger partial charge in [0.05, 0.1) is 20.1 Å². The lowest BCUT2D eigenvalue weighted by Crippen LogP contribution is -2.49. The molecule has 0 radical (unpaired) electrons. The van der Waals surface area contributed by atoms with Gasteiger partial charge in [0.2, 0.25) is 0 Å². The van der Waals surface area contributed by atoms with Gasteiger partial charge in [-0.1, -0.05) is 6.07 Å². The van der Waals surface area contributed by atoms with Crippen LogP contribution in [-0.2, 0) is 11.2 Å². The number of ether oxygens (including phenoxy) is 3. The average molecular weight is 382 g/mol. The molecule has 2 aliphatic heterocycles. The lowest BCUT2D eigenvalue weighted by Gasteiger charge is -2.34. The summed E-state index contributed by atoms with van der Waals surface area (Å²) in [6, 6.07) is 12.2. The van der Waals surface area contributed by atoms with Gasteiger partial charge in [-0.3, -0.25) is 4.79 Å². The van der Waals surface area contributed by atoms with Crippen LogP contribution in [0.1, 0.15) is 24.0 Å². The van der Waals surface area contributed by atoms with Crippen molar-refractivity contribution < 1.29 is 19.0 Å². The second kappa shape index (κ2) is 7.72. The molecule has 2 atom stereocenters. The minimum Gasteiger partial charge on any atom is -0.497 e. The molecule has 0 bridgehead atoms. The molecule has 1 N–H and O–H groups in total. The first-order valence-corrected chi connectivity index (χ1v) is 9.63. The number of fused-ring (bicyclic) bond motifs is 1. The molecule has 1 unspecified atom stereocenters. The summed E-state index contributed by atoms with van der Waals surface area (Å²) in [6.45, 7) is 5.03. The number of rotatable bonds is 4. The largest absolute Gasteiger partial charge is 0.497 e. The van der Waals surface area contributed by atoms with Gasteiger partial charge in [-0.2, -0.15) is 0 Å². The Morgan fingerprint density at radius 3 is 2.54 bits per heavy atom. The van der Waals surface area contributed by atoms with Crippen LogP contribution in [0.2, 0.25) is 0 Å². The highest BCUT2D eigenvalue weighted by molar-refractivity contribution is 5.84. The van der Waals surface area contributed by atoms with Gasteiger partial charge < -0.3 is 24.4 Å². The zero-order valence-electron chi connectivity index (χ0n) is 16.5. The Bertz CT molecular complexity index is 861. The molecule has 28 heavy (non-hydrogen) atoms. The fraction of sp³-hybridized carbons (Fsp3) is 0.409. The maximum atomic E-state index is 12.8. The summed E-state index contributed by atoms with van der Waals surface area (Å²) in [7, 11) is 3.21. The van der Waals surface area contributed by atoms with E-state index in [0.717, 1.165) is 36.4 Å². The third-order valence-electron chi connectivity index (χ3n) is 5.48. The van der Waals surface area contributed by atoms with Crippen LogP contribution in [0.5, 0.6) is 17.2 Å². The average Bonchev–Trinajstić information content (AvgIpc) is 2.72. The molecule has 6 heteroatoms. The van der Waals surface area contributed by atoms with E-state index in [1.54, 1.807) is 20.3 Å². The van der Waals surface area contributed by atoms with Crippen LogP contribution in [0.4, 0.5) is 5.69 Å². The number of carbonyl (C=O) groups excluding carboxylic acids is 1. The Kier molecular flexibility index (Phi) is 5.13. The molecule has 2 aromatic rings. The number of carbonyl (C=O) groups is 1. The van der Waals surface area contributed by atoms with Gasteiger partial charge in [0.15, 0.2) is 0 Å². The normalized spacial score (nSPS) is 21.7. The van der Waals surface area contributed by atoms with Crippen LogP contribution in [0.15, 0.2) is 36.4 Å². The lowest BCUT2D eigenvalue weighted by molar-refractivity contribution is -0.137. The Balaban J connectivity index is 1.60. The molecule has 4 rings (SSSR count). The summed E-state index contributed by atoms with van der Waals surface area (Å²) < 4.78 is 16.4. The number of nitrogens with zero attached hydrogens (tertiary/aromatic N) is 1. The monoisotopic (exact) mass is 382 g/mol. The predicted molar refractivity (Wildman–Crippen MR) is 108 cm³/mol. The third-order valence-corrected chi connectivity index (χ3v) is 5.48. The SMILES string of the molecule is COc1cc(OC)cc(C2Cc3ccc(N4CCN[C@H](C)C4)cc3OC2=O)c1. The summed E-state index contributed by atoms with van der Waals surface area (Å²) in [5.41, 5.74) is 2.98. The number of methoxy groups -OCH3 is 2. The van der Waals surface area contributed by atoms with Crippen molar-refractivity contribution in [3.8, 4) is 17.2 Å². The first-order valence-electron chi connectivity index (χ1n) is 9.63. The molecular formula is C22H26N2O4. The zero-order chi connectivity index (χ0) is 19.7. The Morgan fingerprint density at radius 2 is 1.86 bits per heavy atom. The Morgan fingerprint density at radius 1 is 1.11 bits per heavy atom. The van der Waals surface area contributed by atoms with Gasteiger partial charge in [0.1, 0.15) is 17.2 Å². The summed E-state index contributed by atoms with van der Waals surface area (Å²) in [4.78, 5) is 15.1. The molecule has 2 heterocycles. The minimum absolute atomic E-state index is 0.242. The quantitative estimate of drug-likeness (QED) is 0.648. The van der Waals surface area contributed by atoms with Crippen molar-refractivity contribution in [3.63, 3.8) is 0 Å². The lowest BCUT2D eigenvalue weighted by atomic mass is 9.89. The third kappa shape index (κ3) is 3.64. The molecule has 2 aromatic carbocycles. The van der Waals surface area contributed by atoms with Crippen molar-refractivity contribution in [2.24, 2.45) is 0 Å². The van der Waals surface area contributed by atoms with E-state index in [9.17, 15) is 4.79 Å². The van der Waals surface area contributed by atoms with Crippen LogP contribution in [-0.4, -0.2) is 45.9 Å². The van der Waals surface area contributed by atoms with E-state index in [0.29, 0.717) is 29.7 Å². The van der Waals surface area contributed by atoms with E-state index in [1.165, 1.54) is 0 Å². The molecule has 1 saturated heterocycles. The maximum Gasteiger partial charge on any atom is 0.319 e. The number of hydrogen-bond acceptors (Lipinski definition) is 6. The second-order valence-corrected chi connectivity index (χ2v) is 7.42. The molecular weight excluding hydrogens is 356 g/mol. The number of benzene rings is 2. The Hall–Kier alpha value is -2.73. The molecule has 2 aliphatic rings. The van der Waals surface area contributed by atoms with Crippen LogP contribution >= 0.6 is 0 Å². The summed E-state index contributed by atoms with van der Waals surface area (Å²) in [6.07, 6.45) is 0.600. The van der Waals surface area contributed by atoms with Crippen molar-refractivity contribution in [2.75, 3.05) is 38.8 Å². The number of piperazine rings is 1. The first kappa shape index (κ1) is 18.6. The van der Waals surface area contributed by atoms with E-state index in [-0.39, 0.29) is 11.9 Å². The summed E-state index contributed by atoms with van der Waals surface area (Å²) in [5.74, 6) is 1.38. The predicted octanol–water partition coefficient (Wildman–Crippen LogP) is 2.75. The number of nitrogens with one attached hydrogen (secondary N) is 1. The van der Waals surface area contributed by atoms with Gasteiger partial charge in [-0.15, -0.1) is 0 Å². The van der Waals surface area contributed by atoms with Crippen molar-refractivity contribution in [2.45, 2.75) is 25.3 Å². The minimum atomic E-state index is -0.374. The standard InChI is InChI=1S/C22H26N2O4/c1-14-13-24(7-6-23-14)17-5-4-15-10-20(22(25)28-21(15)11-17)16-8-18(26-2)12-19(9-16)27-3/h4-5,8-9,11-12,14,20,23H,6-7,10,13H2,1-3H3/t14-,20?/m1/s1. The molecule has 0 saturated carbocycles. The number of anilines is 1. The van der Waals surface area contributed by atoms with E-state index in [4.69, 9.17) is 14.2 Å². The molecule has 0 spiro atoms. The van der Waals surface area contributed by atoms with Crippen LogP contribution < -0.4 is 24.4 Å². The van der Waals surface area contributed by atoms with Crippen LogP contribution in [0.3, 0.4) is 0 Å². The van der Waals surface area contributed by atoms with E-state index in [2.05, 4.69) is 29.3 Å². The van der Waals surface area contributed by atoms with Gasteiger partial charge >= 0.3 is 5.97 Å². The Labute approximate surface area is 165 Å². The topological polar surface area (TPSA) is 60.0 Å². The molecule has 0 amide bonds. The van der Waals surface area contributed by atoms with Crippen LogP contribution in [0.25, 0.3) is 0 Å². The van der Waals surface area contributed by atoms with Crippen molar-refractivity contribution in [1.82, 2.24) is 5.32 Å². The highest BCUT2D eigenvalue weighted by Gasteiger charge is 2.31. The van der Waals surface area contributed by atoms with Gasteiger partial charge in [-0.25, -0.2) is 0 Å². The first-order chi connectivity index (χ1) is 13.6.